The van der Waals surface area contributed by atoms with E-state index in [4.69, 9.17) is 23.7 Å². The first-order valence-electron chi connectivity index (χ1n) is 12.2. The van der Waals surface area contributed by atoms with Crippen molar-refractivity contribution >= 4 is 47.2 Å². The summed E-state index contributed by atoms with van der Waals surface area (Å²) in [5.74, 6) is -5.52. The van der Waals surface area contributed by atoms with Gasteiger partial charge in [0.2, 0.25) is 11.8 Å². The third-order valence-corrected chi connectivity index (χ3v) is 5.74. The van der Waals surface area contributed by atoms with E-state index in [9.17, 15) is 38.4 Å². The van der Waals surface area contributed by atoms with E-state index in [1.165, 1.54) is 7.05 Å². The Hall–Kier alpha value is -4.54. The van der Waals surface area contributed by atoms with Crippen LogP contribution in [0.3, 0.4) is 0 Å². The van der Waals surface area contributed by atoms with Crippen LogP contribution >= 0.6 is 0 Å². The minimum absolute atomic E-state index is 0.409. The molecule has 0 aromatic carbocycles. The van der Waals surface area contributed by atoms with E-state index in [0.29, 0.717) is 9.47 Å². The lowest BCUT2D eigenvalue weighted by Crippen LogP contribution is -2.67. The summed E-state index contributed by atoms with van der Waals surface area (Å²) < 4.78 is 28.7. The molecule has 0 radical (unpaired) electrons. The molecule has 41 heavy (non-hydrogen) atoms. The Morgan fingerprint density at radius 1 is 0.780 bits per heavy atom. The number of carbonyl (C=O) groups excluding carboxylic acids is 6. The number of amides is 2. The molecule has 17 heteroatoms. The molecule has 2 heterocycles. The van der Waals surface area contributed by atoms with Crippen molar-refractivity contribution in [1.82, 2.24) is 9.13 Å². The van der Waals surface area contributed by atoms with E-state index in [-0.39, 0.29) is 0 Å². The highest BCUT2D eigenvalue weighted by molar-refractivity contribution is 5.98. The topological polar surface area (TPSA) is 208 Å². The zero-order valence-corrected chi connectivity index (χ0v) is 23.7. The molecule has 17 nitrogen and oxygen atoms in total. The van der Waals surface area contributed by atoms with E-state index in [0.717, 1.165) is 53.2 Å². The van der Waals surface area contributed by atoms with Crippen molar-refractivity contribution in [3.05, 3.63) is 20.8 Å². The van der Waals surface area contributed by atoms with E-state index >= 15 is 0 Å². The van der Waals surface area contributed by atoms with Crippen molar-refractivity contribution in [3.8, 4) is 0 Å². The second kappa shape index (κ2) is 13.2. The molecule has 1 aliphatic heterocycles. The van der Waals surface area contributed by atoms with Gasteiger partial charge in [-0.15, -0.1) is 0 Å². The lowest BCUT2D eigenvalue weighted by atomic mass is 9.96. The number of esters is 4. The Labute approximate surface area is 233 Å². The van der Waals surface area contributed by atoms with Crippen LogP contribution in [0.4, 0.5) is 11.5 Å². The molecule has 1 saturated heterocycles. The minimum atomic E-state index is -1.81. The molecule has 0 aliphatic carbocycles. The van der Waals surface area contributed by atoms with Gasteiger partial charge in [-0.25, -0.2) is 4.79 Å². The van der Waals surface area contributed by atoms with Crippen LogP contribution in [0, 0.1) is 0 Å². The van der Waals surface area contributed by atoms with Crippen molar-refractivity contribution in [1.29, 1.82) is 0 Å². The summed E-state index contributed by atoms with van der Waals surface area (Å²) in [5, 5.41) is 2.34. The Kier molecular flexibility index (Phi) is 10.5. The minimum Gasteiger partial charge on any atom is -0.463 e. The summed E-state index contributed by atoms with van der Waals surface area (Å²) in [7, 11) is 2.35. The van der Waals surface area contributed by atoms with E-state index in [1.807, 2.05) is 0 Å². The molecule has 1 aliphatic rings. The summed E-state index contributed by atoms with van der Waals surface area (Å²) in [5.41, 5.74) is -2.48. The van der Waals surface area contributed by atoms with Crippen molar-refractivity contribution in [3.63, 3.8) is 0 Å². The number of aromatic nitrogens is 2. The number of nitrogens with one attached hydrogen (secondary N) is 1. The molecule has 0 saturated carbocycles. The van der Waals surface area contributed by atoms with Crippen LogP contribution < -0.4 is 21.5 Å². The summed E-state index contributed by atoms with van der Waals surface area (Å²) in [6.45, 7) is 5.65. The van der Waals surface area contributed by atoms with E-state index in [1.54, 1.807) is 0 Å². The Balaban J connectivity index is 2.94. The van der Waals surface area contributed by atoms with Gasteiger partial charge in [-0.3, -0.25) is 47.6 Å². The Bertz CT molecular complexity index is 1360. The largest absolute Gasteiger partial charge is 0.463 e. The highest BCUT2D eigenvalue weighted by Crippen LogP contribution is 2.34. The zero-order chi connectivity index (χ0) is 31.3. The van der Waals surface area contributed by atoms with Crippen LogP contribution in [-0.2, 0) is 66.5 Å². The summed E-state index contributed by atoms with van der Waals surface area (Å²) >= 11 is 0. The maximum Gasteiger partial charge on any atom is 0.332 e. The molecule has 0 unspecified atom stereocenters. The van der Waals surface area contributed by atoms with E-state index in [2.05, 4.69) is 5.32 Å². The van der Waals surface area contributed by atoms with Crippen molar-refractivity contribution in [2.75, 3.05) is 16.8 Å². The predicted octanol–water partition coefficient (Wildman–Crippen LogP) is -1.52. The van der Waals surface area contributed by atoms with Crippen LogP contribution in [0.25, 0.3) is 0 Å². The maximum absolute atomic E-state index is 13.4. The smallest absolute Gasteiger partial charge is 0.332 e. The molecule has 0 spiro atoms. The van der Waals surface area contributed by atoms with Gasteiger partial charge in [0.05, 0.1) is 0 Å². The molecule has 1 aromatic rings. The molecular formula is C24H32N4O13. The second-order valence-corrected chi connectivity index (χ2v) is 9.06. The van der Waals surface area contributed by atoms with Crippen LogP contribution in [0.15, 0.2) is 9.59 Å². The van der Waals surface area contributed by atoms with Crippen LogP contribution in [0.2, 0.25) is 0 Å². The normalized spacial score (nSPS) is 21.7. The van der Waals surface area contributed by atoms with Crippen molar-refractivity contribution < 1.29 is 52.5 Å². The Morgan fingerprint density at radius 3 is 1.76 bits per heavy atom. The van der Waals surface area contributed by atoms with Crippen LogP contribution in [-0.4, -0.2) is 82.1 Å². The first-order chi connectivity index (χ1) is 19.0. The van der Waals surface area contributed by atoms with Gasteiger partial charge < -0.3 is 29.0 Å². The highest BCUT2D eigenvalue weighted by atomic mass is 16.7. The number of anilines is 2. The highest BCUT2D eigenvalue weighted by Gasteiger charge is 2.55. The predicted molar refractivity (Wildman–Crippen MR) is 136 cm³/mol. The van der Waals surface area contributed by atoms with Gasteiger partial charge in [-0.2, -0.15) is 0 Å². The van der Waals surface area contributed by atoms with E-state index < -0.39 is 95.7 Å². The lowest BCUT2D eigenvalue weighted by molar-refractivity contribution is -0.251. The number of rotatable bonds is 8. The molecule has 5 atom stereocenters. The SMILES string of the molecule is CC(=O)Nc1c(N(C(C)=O)[C@H]2O[C@H](COC(C)=O)[C@@H](OC(C)=O)[C@H](OC(C)=O)[C@@H]2OC(C)=O)c(=O)n(C)c(=O)n1C. The fourth-order valence-electron chi connectivity index (χ4n) is 4.23. The zero-order valence-electron chi connectivity index (χ0n) is 23.7. The van der Waals surface area contributed by atoms with Gasteiger partial charge in [0.15, 0.2) is 30.2 Å². The van der Waals surface area contributed by atoms with Gasteiger partial charge in [0, 0.05) is 55.6 Å². The molecular weight excluding hydrogens is 552 g/mol. The quantitative estimate of drug-likeness (QED) is 0.272. The summed E-state index contributed by atoms with van der Waals surface area (Å²) in [6, 6.07) is 0. The fourth-order valence-corrected chi connectivity index (χ4v) is 4.23. The summed E-state index contributed by atoms with van der Waals surface area (Å²) in [6.07, 6.45) is -8.17. The van der Waals surface area contributed by atoms with Gasteiger partial charge in [0.1, 0.15) is 18.5 Å². The molecule has 1 aromatic heterocycles. The molecule has 0 bridgehead atoms. The first kappa shape index (κ1) is 32.7. The summed E-state index contributed by atoms with van der Waals surface area (Å²) in [4.78, 5) is 100.0. The number of nitrogens with zero attached hydrogens (tertiary/aromatic N) is 3. The Morgan fingerprint density at radius 2 is 1.29 bits per heavy atom. The molecule has 1 N–H and O–H groups in total. The standard InChI is InChI=1S/C24H32N4O13/c1-10(29)25-21-17(22(35)27(8)24(36)26(21)7)28(11(2)30)23-20(40-15(6)34)19(39-14(5)33)18(38-13(4)32)16(41-23)9-37-12(3)31/h16,18-20,23H,9H2,1-8H3,(H,25,29)/t16-,18-,19+,20+,23+/m1/s1. The number of ether oxygens (including phenoxy) is 5. The third kappa shape index (κ3) is 7.56. The number of carbonyl (C=O) groups is 6. The average molecular weight is 585 g/mol. The monoisotopic (exact) mass is 584 g/mol. The van der Waals surface area contributed by atoms with Gasteiger partial charge >= 0.3 is 29.6 Å². The average Bonchev–Trinajstić information content (AvgIpc) is 2.84. The van der Waals surface area contributed by atoms with Gasteiger partial charge in [0.25, 0.3) is 5.56 Å². The fraction of sp³-hybridized carbons (Fsp3) is 0.583. The molecule has 1 fully saturated rings. The number of hydrogen-bond acceptors (Lipinski definition) is 13. The van der Waals surface area contributed by atoms with Crippen LogP contribution in [0.5, 0.6) is 0 Å². The molecule has 2 amide bonds. The first-order valence-corrected chi connectivity index (χ1v) is 12.2. The third-order valence-electron chi connectivity index (χ3n) is 5.74. The van der Waals surface area contributed by atoms with Crippen molar-refractivity contribution in [2.24, 2.45) is 14.1 Å². The molecule has 2 rings (SSSR count). The molecule has 226 valence electrons. The number of hydrogen-bond donors (Lipinski definition) is 1. The van der Waals surface area contributed by atoms with Crippen molar-refractivity contribution in [2.45, 2.75) is 72.2 Å². The van der Waals surface area contributed by atoms with Gasteiger partial charge in [-0.1, -0.05) is 0 Å². The maximum atomic E-state index is 13.4. The second-order valence-electron chi connectivity index (χ2n) is 9.06. The van der Waals surface area contributed by atoms with Gasteiger partial charge in [-0.05, 0) is 0 Å². The lowest BCUT2D eigenvalue weighted by Gasteiger charge is -2.47. The van der Waals surface area contributed by atoms with Crippen LogP contribution in [0.1, 0.15) is 41.5 Å².